The molecule has 100 valence electrons. The molecule has 0 radical (unpaired) electrons. The standard InChI is InChI=1S/C11H22N2O4/c12-9(7-14)4-5-11(17)13-6-2-1-3-10(16)8-15/h7,9-10,15-16H,1-6,8,12H2,(H,13,17)/t9-,10-/m0/s1. The minimum atomic E-state index is -0.670. The first-order valence-electron chi connectivity index (χ1n) is 5.86. The number of carbonyl (C=O) groups excluding carboxylic acids is 2. The summed E-state index contributed by atoms with van der Waals surface area (Å²) in [5, 5.41) is 20.3. The van der Waals surface area contributed by atoms with Crippen molar-refractivity contribution in [1.82, 2.24) is 5.32 Å². The van der Waals surface area contributed by atoms with Crippen LogP contribution in [0.4, 0.5) is 0 Å². The van der Waals surface area contributed by atoms with Gasteiger partial charge in [-0.3, -0.25) is 4.79 Å². The summed E-state index contributed by atoms with van der Waals surface area (Å²) < 4.78 is 0. The molecule has 0 rings (SSSR count). The Balaban J connectivity index is 3.36. The molecule has 2 atom stereocenters. The first-order chi connectivity index (χ1) is 8.10. The van der Waals surface area contributed by atoms with Crippen molar-refractivity contribution in [2.75, 3.05) is 13.2 Å². The second-order valence-electron chi connectivity index (χ2n) is 4.02. The van der Waals surface area contributed by atoms with Crippen LogP contribution in [0.5, 0.6) is 0 Å². The van der Waals surface area contributed by atoms with Gasteiger partial charge in [0.2, 0.25) is 5.91 Å². The maximum atomic E-state index is 11.2. The van der Waals surface area contributed by atoms with Gasteiger partial charge < -0.3 is 26.1 Å². The van der Waals surface area contributed by atoms with Crippen LogP contribution < -0.4 is 11.1 Å². The largest absolute Gasteiger partial charge is 0.394 e. The molecule has 0 aromatic heterocycles. The van der Waals surface area contributed by atoms with E-state index in [2.05, 4.69) is 5.32 Å². The molecule has 0 saturated carbocycles. The lowest BCUT2D eigenvalue weighted by atomic mass is 10.1. The van der Waals surface area contributed by atoms with Crippen LogP contribution in [-0.4, -0.2) is 47.7 Å². The number of nitrogens with two attached hydrogens (primary N) is 1. The van der Waals surface area contributed by atoms with Crippen molar-refractivity contribution < 1.29 is 19.8 Å². The van der Waals surface area contributed by atoms with E-state index >= 15 is 0 Å². The fourth-order valence-corrected chi connectivity index (χ4v) is 1.28. The van der Waals surface area contributed by atoms with Crippen molar-refractivity contribution >= 4 is 12.2 Å². The van der Waals surface area contributed by atoms with Crippen molar-refractivity contribution in [1.29, 1.82) is 0 Å². The minimum Gasteiger partial charge on any atom is -0.394 e. The Bertz CT molecular complexity index is 224. The van der Waals surface area contributed by atoms with E-state index in [1.807, 2.05) is 0 Å². The molecule has 6 nitrogen and oxygen atoms in total. The molecule has 1 amide bonds. The molecule has 0 spiro atoms. The molecule has 0 aliphatic heterocycles. The number of rotatable bonds is 10. The van der Waals surface area contributed by atoms with Crippen LogP contribution in [0.2, 0.25) is 0 Å². The second-order valence-corrected chi connectivity index (χ2v) is 4.02. The van der Waals surface area contributed by atoms with Gasteiger partial charge in [-0.25, -0.2) is 0 Å². The molecule has 0 aromatic rings. The average molecular weight is 246 g/mol. The lowest BCUT2D eigenvalue weighted by Gasteiger charge is -2.08. The molecular formula is C11H22N2O4. The minimum absolute atomic E-state index is 0.120. The summed E-state index contributed by atoms with van der Waals surface area (Å²) in [7, 11) is 0. The van der Waals surface area contributed by atoms with Crippen LogP contribution in [0.3, 0.4) is 0 Å². The smallest absolute Gasteiger partial charge is 0.220 e. The van der Waals surface area contributed by atoms with Gasteiger partial charge in [-0.05, 0) is 25.7 Å². The van der Waals surface area contributed by atoms with E-state index in [1.54, 1.807) is 0 Å². The Labute approximate surface area is 101 Å². The van der Waals surface area contributed by atoms with Crippen LogP contribution >= 0.6 is 0 Å². The maximum Gasteiger partial charge on any atom is 0.220 e. The van der Waals surface area contributed by atoms with Crippen molar-refractivity contribution in [3.05, 3.63) is 0 Å². The highest BCUT2D eigenvalue weighted by molar-refractivity contribution is 5.76. The fourth-order valence-electron chi connectivity index (χ4n) is 1.28. The Morgan fingerprint density at radius 2 is 2.06 bits per heavy atom. The van der Waals surface area contributed by atoms with Gasteiger partial charge >= 0.3 is 0 Å². The third-order valence-electron chi connectivity index (χ3n) is 2.38. The van der Waals surface area contributed by atoms with E-state index in [-0.39, 0.29) is 18.9 Å². The van der Waals surface area contributed by atoms with Crippen LogP contribution in [0.15, 0.2) is 0 Å². The molecule has 0 aliphatic rings. The number of carbonyl (C=O) groups is 2. The number of amides is 1. The summed E-state index contributed by atoms with van der Waals surface area (Å²) in [6.45, 7) is 0.309. The van der Waals surface area contributed by atoms with Gasteiger partial charge in [-0.1, -0.05) is 0 Å². The van der Waals surface area contributed by atoms with Crippen molar-refractivity contribution in [2.24, 2.45) is 5.73 Å². The summed E-state index contributed by atoms with van der Waals surface area (Å²) in [6, 6.07) is -0.569. The van der Waals surface area contributed by atoms with Crippen LogP contribution in [0, 0.1) is 0 Å². The molecule has 6 heteroatoms. The Kier molecular flexibility index (Phi) is 9.60. The zero-order chi connectivity index (χ0) is 13.1. The highest BCUT2D eigenvalue weighted by Crippen LogP contribution is 1.99. The first kappa shape index (κ1) is 16.0. The monoisotopic (exact) mass is 246 g/mol. The van der Waals surface area contributed by atoms with E-state index in [9.17, 15) is 9.59 Å². The molecule has 0 unspecified atom stereocenters. The SMILES string of the molecule is N[C@H](C=O)CCC(=O)NCCCC[C@H](O)CO. The molecule has 0 aliphatic carbocycles. The number of aliphatic hydroxyl groups is 2. The maximum absolute atomic E-state index is 11.2. The summed E-state index contributed by atoms with van der Waals surface area (Å²) in [5.41, 5.74) is 5.35. The number of aliphatic hydroxyl groups excluding tert-OH is 2. The molecule has 0 aromatic carbocycles. The third-order valence-corrected chi connectivity index (χ3v) is 2.38. The van der Waals surface area contributed by atoms with Gasteiger partial charge in [0.25, 0.3) is 0 Å². The summed E-state index contributed by atoms with van der Waals surface area (Å²) in [5.74, 6) is -0.120. The van der Waals surface area contributed by atoms with Crippen LogP contribution in [0.1, 0.15) is 32.1 Å². The summed E-state index contributed by atoms with van der Waals surface area (Å²) in [6.07, 6.45) is 2.60. The summed E-state index contributed by atoms with van der Waals surface area (Å²) >= 11 is 0. The highest BCUT2D eigenvalue weighted by atomic mass is 16.3. The highest BCUT2D eigenvalue weighted by Gasteiger charge is 2.05. The Hall–Kier alpha value is -0.980. The van der Waals surface area contributed by atoms with E-state index < -0.39 is 12.1 Å². The van der Waals surface area contributed by atoms with Gasteiger partial charge in [0.15, 0.2) is 0 Å². The van der Waals surface area contributed by atoms with Crippen LogP contribution in [-0.2, 0) is 9.59 Å². The molecule has 0 heterocycles. The third kappa shape index (κ3) is 9.92. The number of nitrogens with one attached hydrogen (secondary N) is 1. The quantitative estimate of drug-likeness (QED) is 0.290. The zero-order valence-electron chi connectivity index (χ0n) is 9.97. The number of aldehydes is 1. The molecule has 0 saturated heterocycles. The molecule has 0 fully saturated rings. The van der Waals surface area contributed by atoms with Crippen molar-refractivity contribution in [2.45, 2.75) is 44.2 Å². The van der Waals surface area contributed by atoms with Crippen LogP contribution in [0.25, 0.3) is 0 Å². The number of hydrogen-bond donors (Lipinski definition) is 4. The van der Waals surface area contributed by atoms with Gasteiger partial charge in [-0.15, -0.1) is 0 Å². The van der Waals surface area contributed by atoms with Gasteiger partial charge in [0.05, 0.1) is 18.8 Å². The lowest BCUT2D eigenvalue weighted by molar-refractivity contribution is -0.121. The predicted molar refractivity (Wildman–Crippen MR) is 63.2 cm³/mol. The number of unbranched alkanes of at least 4 members (excludes halogenated alkanes) is 1. The Morgan fingerprint density at radius 1 is 1.35 bits per heavy atom. The average Bonchev–Trinajstić information content (AvgIpc) is 2.34. The van der Waals surface area contributed by atoms with Gasteiger partial charge in [0.1, 0.15) is 6.29 Å². The van der Waals surface area contributed by atoms with E-state index in [0.717, 1.165) is 12.8 Å². The van der Waals surface area contributed by atoms with Gasteiger partial charge in [-0.2, -0.15) is 0 Å². The first-order valence-corrected chi connectivity index (χ1v) is 5.86. The zero-order valence-corrected chi connectivity index (χ0v) is 9.97. The fraction of sp³-hybridized carbons (Fsp3) is 0.818. The predicted octanol–water partition coefficient (Wildman–Crippen LogP) is -1.07. The van der Waals surface area contributed by atoms with E-state index in [1.165, 1.54) is 0 Å². The Morgan fingerprint density at radius 3 is 2.65 bits per heavy atom. The van der Waals surface area contributed by atoms with E-state index in [4.69, 9.17) is 15.9 Å². The lowest BCUT2D eigenvalue weighted by Crippen LogP contribution is -2.28. The number of hydrogen-bond acceptors (Lipinski definition) is 5. The topological polar surface area (TPSA) is 113 Å². The van der Waals surface area contributed by atoms with E-state index in [0.29, 0.717) is 25.7 Å². The summed E-state index contributed by atoms with van der Waals surface area (Å²) in [4.78, 5) is 21.5. The van der Waals surface area contributed by atoms with Crippen molar-refractivity contribution in [3.8, 4) is 0 Å². The molecule has 5 N–H and O–H groups in total. The molecule has 0 bridgehead atoms. The van der Waals surface area contributed by atoms with Gasteiger partial charge in [0, 0.05) is 13.0 Å². The normalized spacial score (nSPS) is 14.1. The molecule has 17 heavy (non-hydrogen) atoms. The van der Waals surface area contributed by atoms with Crippen molar-refractivity contribution in [3.63, 3.8) is 0 Å². The molecular weight excluding hydrogens is 224 g/mol. The second kappa shape index (κ2) is 10.2.